The van der Waals surface area contributed by atoms with Crippen LogP contribution in [-0.2, 0) is 16.1 Å². The third-order valence-electron chi connectivity index (χ3n) is 3.58. The fourth-order valence-corrected chi connectivity index (χ4v) is 2.70. The Labute approximate surface area is 160 Å². The molecule has 0 radical (unpaired) electrons. The molecule has 3 aromatic rings. The fraction of sp³-hybridized carbons (Fsp3) is 0.278. The van der Waals surface area contributed by atoms with E-state index in [0.717, 1.165) is 0 Å². The molecule has 1 aromatic carbocycles. The lowest BCUT2D eigenvalue weighted by Gasteiger charge is -2.19. The van der Waals surface area contributed by atoms with Gasteiger partial charge in [0.25, 0.3) is 5.56 Å². The molecule has 27 heavy (non-hydrogen) atoms. The molecule has 0 aliphatic heterocycles. The molecule has 0 spiro atoms. The van der Waals surface area contributed by atoms with E-state index in [2.05, 4.69) is 15.5 Å². The summed E-state index contributed by atoms with van der Waals surface area (Å²) in [7, 11) is 0. The Morgan fingerprint density at radius 1 is 1.22 bits per heavy atom. The largest absolute Gasteiger partial charge is 0.459 e. The first kappa shape index (κ1) is 18.8. The van der Waals surface area contributed by atoms with Gasteiger partial charge in [-0.15, -0.1) is 5.10 Å². The van der Waals surface area contributed by atoms with Crippen LogP contribution in [-0.4, -0.2) is 36.3 Å². The van der Waals surface area contributed by atoms with Gasteiger partial charge in [0.1, 0.15) is 18.5 Å². The second-order valence-electron chi connectivity index (χ2n) is 6.88. The number of esters is 1. The average Bonchev–Trinajstić information content (AvgIpc) is 3.09. The SMILES string of the molecule is CC(C)(C)OC(=O)Cn1ccc(-c2cc(Cl)ccc2-n2cnnn2)cc1=O. The second kappa shape index (κ2) is 7.32. The Morgan fingerprint density at radius 3 is 2.63 bits per heavy atom. The summed E-state index contributed by atoms with van der Waals surface area (Å²) in [5, 5.41) is 11.7. The Kier molecular flexibility index (Phi) is 5.09. The molecule has 140 valence electrons. The highest BCUT2D eigenvalue weighted by molar-refractivity contribution is 6.31. The van der Waals surface area contributed by atoms with Crippen LogP contribution in [0.2, 0.25) is 5.02 Å². The summed E-state index contributed by atoms with van der Waals surface area (Å²) in [4.78, 5) is 24.4. The summed E-state index contributed by atoms with van der Waals surface area (Å²) in [5.41, 5.74) is 1.06. The highest BCUT2D eigenvalue weighted by Crippen LogP contribution is 2.28. The summed E-state index contributed by atoms with van der Waals surface area (Å²) in [5.74, 6) is -0.477. The van der Waals surface area contributed by atoms with Gasteiger partial charge < -0.3 is 9.30 Å². The van der Waals surface area contributed by atoms with Gasteiger partial charge in [-0.2, -0.15) is 4.68 Å². The van der Waals surface area contributed by atoms with Crippen LogP contribution in [0.15, 0.2) is 47.7 Å². The van der Waals surface area contributed by atoms with Gasteiger partial charge in [-0.25, -0.2) is 0 Å². The Balaban J connectivity index is 1.94. The monoisotopic (exact) mass is 387 g/mol. The zero-order valence-electron chi connectivity index (χ0n) is 15.1. The van der Waals surface area contributed by atoms with E-state index in [1.54, 1.807) is 51.2 Å². The first-order valence-electron chi connectivity index (χ1n) is 8.18. The molecule has 2 aromatic heterocycles. The van der Waals surface area contributed by atoms with Gasteiger partial charge in [-0.1, -0.05) is 11.6 Å². The van der Waals surface area contributed by atoms with Crippen molar-refractivity contribution in [1.82, 2.24) is 24.8 Å². The molecule has 0 N–H and O–H groups in total. The Morgan fingerprint density at radius 2 is 2.00 bits per heavy atom. The molecule has 3 rings (SSSR count). The smallest absolute Gasteiger partial charge is 0.326 e. The first-order chi connectivity index (χ1) is 12.7. The Bertz CT molecular complexity index is 1020. The van der Waals surface area contributed by atoms with Gasteiger partial charge in [-0.3, -0.25) is 9.59 Å². The van der Waals surface area contributed by atoms with E-state index in [-0.39, 0.29) is 12.1 Å². The van der Waals surface area contributed by atoms with Crippen LogP contribution in [0.25, 0.3) is 16.8 Å². The summed E-state index contributed by atoms with van der Waals surface area (Å²) < 4.78 is 8.03. The number of hydrogen-bond acceptors (Lipinski definition) is 6. The lowest BCUT2D eigenvalue weighted by Crippen LogP contribution is -2.30. The molecular weight excluding hydrogens is 370 g/mol. The second-order valence-corrected chi connectivity index (χ2v) is 7.32. The molecule has 0 unspecified atom stereocenters. The molecule has 0 bridgehead atoms. The summed E-state index contributed by atoms with van der Waals surface area (Å²) in [6.45, 7) is 5.16. The number of carbonyl (C=O) groups excluding carboxylic acids is 1. The van der Waals surface area contributed by atoms with Gasteiger partial charge in [0, 0.05) is 22.8 Å². The molecule has 0 aliphatic carbocycles. The van der Waals surface area contributed by atoms with E-state index < -0.39 is 11.6 Å². The number of rotatable bonds is 4. The topological polar surface area (TPSA) is 91.9 Å². The molecule has 8 nitrogen and oxygen atoms in total. The number of halogens is 1. The molecule has 2 heterocycles. The van der Waals surface area contributed by atoms with Gasteiger partial charge >= 0.3 is 5.97 Å². The lowest BCUT2D eigenvalue weighted by atomic mass is 10.0. The number of ether oxygens (including phenoxy) is 1. The number of carbonyl (C=O) groups is 1. The number of benzene rings is 1. The third-order valence-corrected chi connectivity index (χ3v) is 3.82. The highest BCUT2D eigenvalue weighted by Gasteiger charge is 2.17. The normalized spacial score (nSPS) is 11.4. The van der Waals surface area contributed by atoms with Crippen LogP contribution in [0.5, 0.6) is 0 Å². The van der Waals surface area contributed by atoms with E-state index in [9.17, 15) is 9.59 Å². The van der Waals surface area contributed by atoms with Crippen LogP contribution < -0.4 is 5.56 Å². The molecule has 0 saturated carbocycles. The van der Waals surface area contributed by atoms with Crippen LogP contribution in [0.4, 0.5) is 0 Å². The molecular formula is C18H18ClN5O3. The maximum Gasteiger partial charge on any atom is 0.326 e. The summed E-state index contributed by atoms with van der Waals surface area (Å²) in [6, 6.07) is 8.37. The van der Waals surface area contributed by atoms with Crippen LogP contribution in [0.1, 0.15) is 20.8 Å². The van der Waals surface area contributed by atoms with Crippen molar-refractivity contribution in [3.05, 3.63) is 58.2 Å². The molecule has 0 atom stereocenters. The van der Waals surface area contributed by atoms with E-state index in [1.807, 2.05) is 0 Å². The van der Waals surface area contributed by atoms with E-state index in [4.69, 9.17) is 16.3 Å². The maximum absolute atomic E-state index is 12.5. The Hall–Kier alpha value is -3.00. The molecule has 0 fully saturated rings. The van der Waals surface area contributed by atoms with Crippen LogP contribution in [0, 0.1) is 0 Å². The van der Waals surface area contributed by atoms with Gasteiger partial charge in [0.15, 0.2) is 0 Å². The fourth-order valence-electron chi connectivity index (χ4n) is 2.53. The average molecular weight is 388 g/mol. The molecule has 0 saturated heterocycles. The summed E-state index contributed by atoms with van der Waals surface area (Å²) in [6.07, 6.45) is 3.00. The molecule has 0 aliphatic rings. The maximum atomic E-state index is 12.5. The predicted molar refractivity (Wildman–Crippen MR) is 99.7 cm³/mol. The van der Waals surface area contributed by atoms with Crippen molar-refractivity contribution in [3.63, 3.8) is 0 Å². The molecule has 0 amide bonds. The first-order valence-corrected chi connectivity index (χ1v) is 8.56. The van der Waals surface area contributed by atoms with Gasteiger partial charge in [0.05, 0.1) is 5.69 Å². The minimum Gasteiger partial charge on any atom is -0.459 e. The van der Waals surface area contributed by atoms with Gasteiger partial charge in [0.2, 0.25) is 0 Å². The predicted octanol–water partition coefficient (Wildman–Crippen LogP) is 2.49. The third kappa shape index (κ3) is 4.59. The number of aromatic nitrogens is 5. The van der Waals surface area contributed by atoms with Gasteiger partial charge in [-0.05, 0) is 61.0 Å². The standard InChI is InChI=1S/C18H18ClN5O3/c1-18(2,3)27-17(26)10-23-7-6-12(8-16(23)25)14-9-13(19)4-5-15(14)24-11-20-21-22-24/h4-9,11H,10H2,1-3H3. The van der Waals surface area contributed by atoms with Crippen molar-refractivity contribution in [2.24, 2.45) is 0 Å². The van der Waals surface area contributed by atoms with Crippen molar-refractivity contribution in [2.45, 2.75) is 32.9 Å². The van der Waals surface area contributed by atoms with Crippen LogP contribution in [0.3, 0.4) is 0 Å². The van der Waals surface area contributed by atoms with E-state index >= 15 is 0 Å². The lowest BCUT2D eigenvalue weighted by molar-refractivity contribution is -0.155. The van der Waals surface area contributed by atoms with Crippen molar-refractivity contribution in [2.75, 3.05) is 0 Å². The van der Waals surface area contributed by atoms with E-state index in [0.29, 0.717) is 21.8 Å². The van der Waals surface area contributed by atoms with Crippen molar-refractivity contribution in [1.29, 1.82) is 0 Å². The number of hydrogen-bond donors (Lipinski definition) is 0. The molecule has 9 heteroatoms. The summed E-state index contributed by atoms with van der Waals surface area (Å²) >= 11 is 6.12. The van der Waals surface area contributed by atoms with Crippen molar-refractivity contribution < 1.29 is 9.53 Å². The minimum atomic E-state index is -0.609. The number of nitrogens with zero attached hydrogens (tertiary/aromatic N) is 5. The number of pyridine rings is 1. The van der Waals surface area contributed by atoms with E-state index in [1.165, 1.54) is 21.6 Å². The number of tetrazole rings is 1. The van der Waals surface area contributed by atoms with Crippen LogP contribution >= 0.6 is 11.6 Å². The highest BCUT2D eigenvalue weighted by atomic mass is 35.5. The minimum absolute atomic E-state index is 0.161. The van der Waals surface area contributed by atoms with Crippen molar-refractivity contribution in [3.8, 4) is 16.8 Å². The zero-order chi connectivity index (χ0) is 19.6. The zero-order valence-corrected chi connectivity index (χ0v) is 15.8. The van der Waals surface area contributed by atoms with Crippen molar-refractivity contribution >= 4 is 17.6 Å². The quantitative estimate of drug-likeness (QED) is 0.638.